The summed E-state index contributed by atoms with van der Waals surface area (Å²) in [5.74, 6) is 0. The van der Waals surface area contributed by atoms with E-state index in [1.807, 2.05) is 19.1 Å². The fourth-order valence-electron chi connectivity index (χ4n) is 1.89. The summed E-state index contributed by atoms with van der Waals surface area (Å²) in [6.45, 7) is 2.45. The maximum Gasteiger partial charge on any atom is 0.275 e. The third kappa shape index (κ3) is 3.61. The molecule has 0 bridgehead atoms. The number of nitrogens with one attached hydrogen (secondary N) is 1. The molecule has 0 saturated carbocycles. The SMILES string of the molecule is CC(NCc1ccc(Br)cc1[N+](=O)[O-])c1ccncc1. The van der Waals surface area contributed by atoms with Crippen molar-refractivity contribution < 1.29 is 4.92 Å². The van der Waals surface area contributed by atoms with Crippen LogP contribution in [0.25, 0.3) is 0 Å². The van der Waals surface area contributed by atoms with Crippen LogP contribution in [-0.2, 0) is 6.54 Å². The Balaban J connectivity index is 2.09. The highest BCUT2D eigenvalue weighted by molar-refractivity contribution is 9.10. The molecule has 1 unspecified atom stereocenters. The second-order valence-corrected chi connectivity index (χ2v) is 5.33. The topological polar surface area (TPSA) is 68.1 Å². The van der Waals surface area contributed by atoms with Gasteiger partial charge in [0.05, 0.1) is 4.92 Å². The number of hydrogen-bond acceptors (Lipinski definition) is 4. The smallest absolute Gasteiger partial charge is 0.275 e. The van der Waals surface area contributed by atoms with E-state index in [4.69, 9.17) is 0 Å². The largest absolute Gasteiger partial charge is 0.306 e. The Kier molecular flexibility index (Phi) is 4.81. The Morgan fingerprint density at radius 1 is 1.35 bits per heavy atom. The van der Waals surface area contributed by atoms with Crippen molar-refractivity contribution >= 4 is 21.6 Å². The van der Waals surface area contributed by atoms with Crippen LogP contribution in [0.4, 0.5) is 5.69 Å². The first kappa shape index (κ1) is 14.6. The summed E-state index contributed by atoms with van der Waals surface area (Å²) in [6, 6.07) is 9.03. The zero-order valence-corrected chi connectivity index (χ0v) is 12.5. The number of halogens is 1. The predicted octanol–water partition coefficient (Wildman–Crippen LogP) is 3.60. The second-order valence-electron chi connectivity index (χ2n) is 4.41. The van der Waals surface area contributed by atoms with Crippen molar-refractivity contribution in [2.45, 2.75) is 19.5 Å². The van der Waals surface area contributed by atoms with Crippen molar-refractivity contribution in [3.63, 3.8) is 0 Å². The molecular weight excluding hydrogens is 322 g/mol. The third-order valence-corrected chi connectivity index (χ3v) is 3.54. The molecule has 0 saturated heterocycles. The van der Waals surface area contributed by atoms with Crippen molar-refractivity contribution in [1.82, 2.24) is 10.3 Å². The molecule has 2 rings (SSSR count). The van der Waals surface area contributed by atoms with E-state index < -0.39 is 0 Å². The van der Waals surface area contributed by atoms with Crippen LogP contribution in [0.3, 0.4) is 0 Å². The zero-order chi connectivity index (χ0) is 14.5. The number of hydrogen-bond donors (Lipinski definition) is 1. The average molecular weight is 336 g/mol. The van der Waals surface area contributed by atoms with Gasteiger partial charge in [0, 0.05) is 41.1 Å². The fraction of sp³-hybridized carbons (Fsp3) is 0.214. The van der Waals surface area contributed by atoms with Crippen LogP contribution in [0.2, 0.25) is 0 Å². The highest BCUT2D eigenvalue weighted by atomic mass is 79.9. The number of benzene rings is 1. The van der Waals surface area contributed by atoms with Gasteiger partial charge in [-0.15, -0.1) is 0 Å². The van der Waals surface area contributed by atoms with Crippen LogP contribution in [0, 0.1) is 10.1 Å². The van der Waals surface area contributed by atoms with Crippen molar-refractivity contribution in [1.29, 1.82) is 0 Å². The number of rotatable bonds is 5. The van der Waals surface area contributed by atoms with Gasteiger partial charge in [0.25, 0.3) is 5.69 Å². The van der Waals surface area contributed by atoms with E-state index in [1.165, 1.54) is 6.07 Å². The minimum atomic E-state index is -0.362. The van der Waals surface area contributed by atoms with E-state index in [1.54, 1.807) is 24.5 Å². The predicted molar refractivity (Wildman–Crippen MR) is 80.3 cm³/mol. The Morgan fingerprint density at radius 3 is 2.70 bits per heavy atom. The van der Waals surface area contributed by atoms with Crippen molar-refractivity contribution in [2.75, 3.05) is 0 Å². The Hall–Kier alpha value is -1.79. The highest BCUT2D eigenvalue weighted by Crippen LogP contribution is 2.24. The summed E-state index contributed by atoms with van der Waals surface area (Å²) in [4.78, 5) is 14.6. The number of pyridine rings is 1. The number of nitrogens with zero attached hydrogens (tertiary/aromatic N) is 2. The van der Waals surface area contributed by atoms with E-state index in [-0.39, 0.29) is 16.7 Å². The van der Waals surface area contributed by atoms with E-state index in [9.17, 15) is 10.1 Å². The van der Waals surface area contributed by atoms with Crippen LogP contribution in [0.1, 0.15) is 24.1 Å². The zero-order valence-electron chi connectivity index (χ0n) is 10.9. The molecule has 0 amide bonds. The van der Waals surface area contributed by atoms with E-state index in [0.717, 1.165) is 5.56 Å². The van der Waals surface area contributed by atoms with E-state index in [0.29, 0.717) is 16.6 Å². The first-order chi connectivity index (χ1) is 9.58. The van der Waals surface area contributed by atoms with Crippen LogP contribution < -0.4 is 5.32 Å². The standard InChI is InChI=1S/C14H14BrN3O2/c1-10(11-4-6-16-7-5-11)17-9-12-2-3-13(15)8-14(12)18(19)20/h2-8,10,17H,9H2,1H3. The molecule has 5 nitrogen and oxygen atoms in total. The molecule has 6 heteroatoms. The minimum Gasteiger partial charge on any atom is -0.306 e. The van der Waals surface area contributed by atoms with Crippen LogP contribution >= 0.6 is 15.9 Å². The lowest BCUT2D eigenvalue weighted by atomic mass is 10.1. The summed E-state index contributed by atoms with van der Waals surface area (Å²) in [5.41, 5.74) is 1.88. The summed E-state index contributed by atoms with van der Waals surface area (Å²) >= 11 is 3.25. The van der Waals surface area contributed by atoms with Gasteiger partial charge in [0.2, 0.25) is 0 Å². The molecule has 0 spiro atoms. The lowest BCUT2D eigenvalue weighted by molar-refractivity contribution is -0.385. The Bertz CT molecular complexity index is 605. The molecule has 1 atom stereocenters. The molecule has 0 aliphatic rings. The van der Waals surface area contributed by atoms with Gasteiger partial charge in [-0.2, -0.15) is 0 Å². The molecule has 0 aliphatic carbocycles. The van der Waals surface area contributed by atoms with Crippen LogP contribution in [-0.4, -0.2) is 9.91 Å². The fourth-order valence-corrected chi connectivity index (χ4v) is 2.24. The summed E-state index contributed by atoms with van der Waals surface area (Å²) in [5, 5.41) is 14.3. The summed E-state index contributed by atoms with van der Waals surface area (Å²) in [7, 11) is 0. The maximum atomic E-state index is 11.0. The summed E-state index contributed by atoms with van der Waals surface area (Å²) in [6.07, 6.45) is 3.46. The quantitative estimate of drug-likeness (QED) is 0.669. The van der Waals surface area contributed by atoms with E-state index in [2.05, 4.69) is 26.2 Å². The lowest BCUT2D eigenvalue weighted by Crippen LogP contribution is -2.18. The van der Waals surface area contributed by atoms with Gasteiger partial charge in [-0.05, 0) is 36.8 Å². The Morgan fingerprint density at radius 2 is 2.05 bits per heavy atom. The minimum absolute atomic E-state index is 0.0984. The average Bonchev–Trinajstić information content (AvgIpc) is 2.46. The molecule has 1 aromatic heterocycles. The number of aromatic nitrogens is 1. The molecule has 2 aromatic rings. The van der Waals surface area contributed by atoms with Gasteiger partial charge < -0.3 is 5.32 Å². The van der Waals surface area contributed by atoms with E-state index >= 15 is 0 Å². The molecule has 20 heavy (non-hydrogen) atoms. The van der Waals surface area contributed by atoms with Crippen LogP contribution in [0.5, 0.6) is 0 Å². The monoisotopic (exact) mass is 335 g/mol. The van der Waals surface area contributed by atoms with Gasteiger partial charge in [0.15, 0.2) is 0 Å². The first-order valence-corrected chi connectivity index (χ1v) is 6.93. The Labute approximate surface area is 125 Å². The molecule has 0 aliphatic heterocycles. The summed E-state index contributed by atoms with van der Waals surface area (Å²) < 4.78 is 0.704. The molecule has 1 N–H and O–H groups in total. The van der Waals surface area contributed by atoms with Gasteiger partial charge in [-0.25, -0.2) is 0 Å². The van der Waals surface area contributed by atoms with Gasteiger partial charge in [0.1, 0.15) is 0 Å². The molecule has 104 valence electrons. The van der Waals surface area contributed by atoms with Crippen LogP contribution in [0.15, 0.2) is 47.2 Å². The normalized spacial score (nSPS) is 12.1. The van der Waals surface area contributed by atoms with Crippen molar-refractivity contribution in [3.8, 4) is 0 Å². The van der Waals surface area contributed by atoms with Gasteiger partial charge >= 0.3 is 0 Å². The second kappa shape index (κ2) is 6.58. The molecule has 1 aromatic carbocycles. The lowest BCUT2D eigenvalue weighted by Gasteiger charge is -2.14. The maximum absolute atomic E-state index is 11.0. The highest BCUT2D eigenvalue weighted by Gasteiger charge is 2.14. The molecule has 0 radical (unpaired) electrons. The van der Waals surface area contributed by atoms with Crippen molar-refractivity contribution in [3.05, 3.63) is 68.4 Å². The molecule has 0 fully saturated rings. The first-order valence-electron chi connectivity index (χ1n) is 6.14. The third-order valence-electron chi connectivity index (χ3n) is 3.05. The van der Waals surface area contributed by atoms with Gasteiger partial charge in [-0.1, -0.05) is 15.9 Å². The number of nitro groups is 1. The van der Waals surface area contributed by atoms with Gasteiger partial charge in [-0.3, -0.25) is 15.1 Å². The molecule has 1 heterocycles. The van der Waals surface area contributed by atoms with Crippen molar-refractivity contribution in [2.24, 2.45) is 0 Å². The molecular formula is C14H14BrN3O2. The number of nitro benzene ring substituents is 1.